The second-order valence-electron chi connectivity index (χ2n) is 8.83. The summed E-state index contributed by atoms with van der Waals surface area (Å²) in [6.07, 6.45) is 1.36. The highest BCUT2D eigenvalue weighted by molar-refractivity contribution is 6.33. The molecule has 194 valence electrons. The number of aliphatic hydroxyl groups excluding tert-OH is 1. The predicted molar refractivity (Wildman–Crippen MR) is 137 cm³/mol. The van der Waals surface area contributed by atoms with Crippen LogP contribution in [-0.2, 0) is 11.3 Å². The number of carbonyl (C=O) groups is 2. The second-order valence-corrected chi connectivity index (χ2v) is 9.24. The molecule has 2 amide bonds. The molecule has 37 heavy (non-hydrogen) atoms. The van der Waals surface area contributed by atoms with Crippen LogP contribution in [0.4, 0.5) is 10.3 Å². The molecule has 0 saturated carbocycles. The molecule has 0 fully saturated rings. The minimum absolute atomic E-state index is 0.0282. The number of aliphatic hydroxyl groups is 1. The van der Waals surface area contributed by atoms with E-state index in [0.29, 0.717) is 11.3 Å². The molecule has 0 saturated heterocycles. The van der Waals surface area contributed by atoms with Gasteiger partial charge in [-0.25, -0.2) is 14.4 Å². The van der Waals surface area contributed by atoms with E-state index in [1.807, 2.05) is 31.2 Å². The van der Waals surface area contributed by atoms with E-state index >= 15 is 4.39 Å². The summed E-state index contributed by atoms with van der Waals surface area (Å²) < 4.78 is 20.3. The van der Waals surface area contributed by atoms with Crippen LogP contribution in [0.1, 0.15) is 41.4 Å². The Kier molecular flexibility index (Phi) is 7.89. The zero-order chi connectivity index (χ0) is 26.7. The number of anilines is 1. The summed E-state index contributed by atoms with van der Waals surface area (Å²) >= 11 is 6.28. The standard InChI is InChI=1S/C26H27ClFN5O4/c1-14(13-34)30-26-29-10-21(27)24(32-26)17-8-19-20(22(28)9-17)11-33(25(19)36)12-23(35)31-15(2)16-5-4-6-18(7-16)37-3/h4-10,14-15,34H,11-13H2,1-3H3,(H,31,35)(H,29,30,32). The molecule has 11 heteroatoms. The molecule has 3 aromatic rings. The fourth-order valence-corrected chi connectivity index (χ4v) is 4.25. The van der Waals surface area contributed by atoms with Gasteiger partial charge >= 0.3 is 0 Å². The third-order valence-electron chi connectivity index (χ3n) is 6.03. The van der Waals surface area contributed by atoms with Crippen LogP contribution in [-0.4, -0.2) is 58.1 Å². The van der Waals surface area contributed by atoms with Crippen molar-refractivity contribution in [3.05, 3.63) is 70.1 Å². The Bertz CT molecular complexity index is 1340. The highest BCUT2D eigenvalue weighted by Crippen LogP contribution is 2.33. The fraction of sp³-hybridized carbons (Fsp3) is 0.308. The lowest BCUT2D eigenvalue weighted by atomic mass is 10.0. The van der Waals surface area contributed by atoms with Gasteiger partial charge in [0.25, 0.3) is 5.91 Å². The summed E-state index contributed by atoms with van der Waals surface area (Å²) in [4.78, 5) is 35.5. The van der Waals surface area contributed by atoms with E-state index in [0.717, 1.165) is 5.56 Å². The summed E-state index contributed by atoms with van der Waals surface area (Å²) in [7, 11) is 1.57. The zero-order valence-electron chi connectivity index (χ0n) is 20.6. The Morgan fingerprint density at radius 3 is 2.81 bits per heavy atom. The van der Waals surface area contributed by atoms with Gasteiger partial charge in [-0.1, -0.05) is 23.7 Å². The summed E-state index contributed by atoms with van der Waals surface area (Å²) in [5.41, 5.74) is 1.75. The van der Waals surface area contributed by atoms with E-state index in [9.17, 15) is 14.7 Å². The summed E-state index contributed by atoms with van der Waals surface area (Å²) in [5.74, 6) is -0.551. The number of methoxy groups -OCH3 is 1. The van der Waals surface area contributed by atoms with Crippen LogP contribution in [0.2, 0.25) is 5.02 Å². The van der Waals surface area contributed by atoms with Crippen LogP contribution in [0.5, 0.6) is 5.75 Å². The number of amides is 2. The molecule has 0 spiro atoms. The maximum Gasteiger partial charge on any atom is 0.255 e. The van der Waals surface area contributed by atoms with Gasteiger partial charge in [0, 0.05) is 22.7 Å². The Labute approximate surface area is 218 Å². The van der Waals surface area contributed by atoms with E-state index in [-0.39, 0.29) is 65.5 Å². The molecule has 4 rings (SSSR count). The van der Waals surface area contributed by atoms with Gasteiger partial charge in [0.05, 0.1) is 43.2 Å². The Morgan fingerprint density at radius 1 is 1.30 bits per heavy atom. The van der Waals surface area contributed by atoms with E-state index in [1.54, 1.807) is 14.0 Å². The lowest BCUT2D eigenvalue weighted by Gasteiger charge is -2.19. The van der Waals surface area contributed by atoms with Crippen molar-refractivity contribution < 1.29 is 23.8 Å². The summed E-state index contributed by atoms with van der Waals surface area (Å²) in [5, 5.41) is 15.2. The van der Waals surface area contributed by atoms with Crippen molar-refractivity contribution in [3.63, 3.8) is 0 Å². The monoisotopic (exact) mass is 527 g/mol. The van der Waals surface area contributed by atoms with E-state index in [2.05, 4.69) is 20.6 Å². The van der Waals surface area contributed by atoms with E-state index in [1.165, 1.54) is 23.2 Å². The first-order chi connectivity index (χ1) is 17.7. The van der Waals surface area contributed by atoms with Gasteiger partial charge in [0.1, 0.15) is 18.1 Å². The molecular weight excluding hydrogens is 501 g/mol. The lowest BCUT2D eigenvalue weighted by molar-refractivity contribution is -0.122. The third kappa shape index (κ3) is 5.81. The van der Waals surface area contributed by atoms with Crippen LogP contribution in [0.25, 0.3) is 11.3 Å². The molecule has 2 atom stereocenters. The van der Waals surface area contributed by atoms with Gasteiger partial charge in [0.2, 0.25) is 11.9 Å². The molecule has 0 aliphatic carbocycles. The first-order valence-electron chi connectivity index (χ1n) is 11.7. The number of halogens is 2. The average molecular weight is 528 g/mol. The van der Waals surface area contributed by atoms with Gasteiger partial charge in [-0.2, -0.15) is 0 Å². The topological polar surface area (TPSA) is 117 Å². The number of rotatable bonds is 9. The minimum atomic E-state index is -0.596. The van der Waals surface area contributed by atoms with Gasteiger partial charge in [0.15, 0.2) is 0 Å². The van der Waals surface area contributed by atoms with Crippen LogP contribution in [0.3, 0.4) is 0 Å². The molecule has 3 N–H and O–H groups in total. The van der Waals surface area contributed by atoms with E-state index < -0.39 is 11.7 Å². The lowest BCUT2D eigenvalue weighted by Crippen LogP contribution is -2.38. The number of nitrogens with zero attached hydrogens (tertiary/aromatic N) is 3. The van der Waals surface area contributed by atoms with Gasteiger partial charge in [-0.15, -0.1) is 0 Å². The van der Waals surface area contributed by atoms with Crippen molar-refractivity contribution in [2.24, 2.45) is 0 Å². The van der Waals surface area contributed by atoms with Crippen LogP contribution in [0, 0.1) is 5.82 Å². The number of benzene rings is 2. The predicted octanol–water partition coefficient (Wildman–Crippen LogP) is 3.57. The van der Waals surface area contributed by atoms with Crippen molar-refractivity contribution in [3.8, 4) is 17.0 Å². The molecule has 1 aliphatic heterocycles. The second kappa shape index (κ2) is 11.1. The van der Waals surface area contributed by atoms with Crippen molar-refractivity contribution in [2.75, 3.05) is 25.6 Å². The number of fused-ring (bicyclic) bond motifs is 1. The normalized spacial score (nSPS) is 14.2. The van der Waals surface area contributed by atoms with Crippen molar-refractivity contribution in [2.45, 2.75) is 32.5 Å². The highest BCUT2D eigenvalue weighted by Gasteiger charge is 2.32. The molecule has 2 heterocycles. The van der Waals surface area contributed by atoms with Gasteiger partial charge < -0.3 is 25.4 Å². The van der Waals surface area contributed by atoms with Crippen molar-refractivity contribution >= 4 is 29.4 Å². The molecular formula is C26H27ClFN5O4. The molecule has 9 nitrogen and oxygen atoms in total. The molecule has 2 aromatic carbocycles. The van der Waals surface area contributed by atoms with Crippen molar-refractivity contribution in [1.82, 2.24) is 20.2 Å². The van der Waals surface area contributed by atoms with Crippen LogP contribution in [0.15, 0.2) is 42.6 Å². The van der Waals surface area contributed by atoms with E-state index in [4.69, 9.17) is 16.3 Å². The average Bonchev–Trinajstić information content (AvgIpc) is 3.20. The molecule has 0 bridgehead atoms. The Hall–Kier alpha value is -3.76. The number of nitrogens with one attached hydrogen (secondary N) is 2. The molecule has 1 aliphatic rings. The maximum absolute atomic E-state index is 15.1. The van der Waals surface area contributed by atoms with Crippen LogP contribution < -0.4 is 15.4 Å². The Morgan fingerprint density at radius 2 is 2.08 bits per heavy atom. The first-order valence-corrected chi connectivity index (χ1v) is 12.0. The summed E-state index contributed by atoms with van der Waals surface area (Å²) in [6.45, 7) is 3.19. The fourth-order valence-electron chi connectivity index (χ4n) is 4.05. The van der Waals surface area contributed by atoms with Crippen molar-refractivity contribution in [1.29, 1.82) is 0 Å². The van der Waals surface area contributed by atoms with Gasteiger partial charge in [-0.05, 0) is 43.7 Å². The third-order valence-corrected chi connectivity index (χ3v) is 6.31. The maximum atomic E-state index is 15.1. The highest BCUT2D eigenvalue weighted by atomic mass is 35.5. The number of hydrogen-bond donors (Lipinski definition) is 3. The quantitative estimate of drug-likeness (QED) is 0.389. The molecule has 2 unspecified atom stereocenters. The smallest absolute Gasteiger partial charge is 0.255 e. The molecule has 1 aromatic heterocycles. The number of carbonyl (C=O) groups excluding carboxylic acids is 2. The first kappa shape index (κ1) is 26.3. The largest absolute Gasteiger partial charge is 0.497 e. The van der Waals surface area contributed by atoms with Crippen LogP contribution >= 0.6 is 11.6 Å². The number of aromatic nitrogens is 2. The Balaban J connectivity index is 1.50. The minimum Gasteiger partial charge on any atom is -0.497 e. The zero-order valence-corrected chi connectivity index (χ0v) is 21.3. The molecule has 0 radical (unpaired) electrons. The summed E-state index contributed by atoms with van der Waals surface area (Å²) in [6, 6.07) is 9.48. The number of ether oxygens (including phenoxy) is 1. The van der Waals surface area contributed by atoms with Gasteiger partial charge in [-0.3, -0.25) is 9.59 Å². The SMILES string of the molecule is COc1cccc(C(C)NC(=O)CN2Cc3c(F)cc(-c4nc(NC(C)CO)ncc4Cl)cc3C2=O)c1. The number of hydrogen-bond acceptors (Lipinski definition) is 7.